The molecule has 1 atom stereocenters. The van der Waals surface area contributed by atoms with Gasteiger partial charge in [-0.15, -0.1) is 11.3 Å². The summed E-state index contributed by atoms with van der Waals surface area (Å²) in [5.41, 5.74) is 1.86. The van der Waals surface area contributed by atoms with E-state index < -0.39 is 18.0 Å². The van der Waals surface area contributed by atoms with E-state index in [1.54, 1.807) is 25.1 Å². The van der Waals surface area contributed by atoms with Crippen LogP contribution in [0.4, 0.5) is 10.7 Å². The maximum Gasteiger partial charge on any atom is 0.342 e. The highest BCUT2D eigenvalue weighted by Gasteiger charge is 2.32. The average Bonchev–Trinajstić information content (AvgIpc) is 3.49. The molecule has 0 bridgehead atoms. The molecule has 0 spiro atoms. The number of ether oxygens (including phenoxy) is 1. The monoisotopic (exact) mass is 411 g/mol. The number of nitriles is 1. The molecule has 0 aliphatic heterocycles. The van der Waals surface area contributed by atoms with Gasteiger partial charge in [0.05, 0.1) is 17.2 Å². The molecule has 1 aliphatic carbocycles. The van der Waals surface area contributed by atoms with Crippen molar-refractivity contribution >= 4 is 39.8 Å². The average molecular weight is 411 g/mol. The number of amides is 2. The Kier molecular flexibility index (Phi) is 5.99. The number of thiophene rings is 1. The van der Waals surface area contributed by atoms with Crippen molar-refractivity contribution in [3.63, 3.8) is 0 Å². The number of aryl methyl sites for hydroxylation is 1. The first-order chi connectivity index (χ1) is 13.8. The van der Waals surface area contributed by atoms with Crippen LogP contribution in [0.15, 0.2) is 24.3 Å². The molecule has 0 radical (unpaired) electrons. The van der Waals surface area contributed by atoms with Crippen LogP contribution < -0.4 is 10.6 Å². The van der Waals surface area contributed by atoms with Crippen molar-refractivity contribution in [2.24, 2.45) is 5.92 Å². The second-order valence-electron chi connectivity index (χ2n) is 6.98. The summed E-state index contributed by atoms with van der Waals surface area (Å²) in [6.45, 7) is 5.12. The van der Waals surface area contributed by atoms with E-state index in [0.717, 1.165) is 23.3 Å². The van der Waals surface area contributed by atoms with Crippen molar-refractivity contribution in [1.82, 2.24) is 0 Å². The Hall–Kier alpha value is -3.18. The van der Waals surface area contributed by atoms with Gasteiger partial charge in [-0.05, 0) is 57.4 Å². The summed E-state index contributed by atoms with van der Waals surface area (Å²) in [4.78, 5) is 38.1. The molecule has 3 rings (SSSR count). The van der Waals surface area contributed by atoms with Gasteiger partial charge in [0.15, 0.2) is 6.10 Å². The standard InChI is InChI=1S/C21H21N3O4S/c1-11-13(3)29-20(24-19(26)15-7-8-15)17(11)21(27)28-12(2)18(25)23-16-6-4-5-14(9-16)10-22/h4-6,9,12,15H,7-8H2,1-3H3,(H,23,25)(H,24,26)/t12-/m1/s1. The van der Waals surface area contributed by atoms with Gasteiger partial charge in [0.1, 0.15) is 5.00 Å². The molecule has 1 aromatic heterocycles. The van der Waals surface area contributed by atoms with Crippen LogP contribution in [-0.4, -0.2) is 23.9 Å². The molecular weight excluding hydrogens is 390 g/mol. The zero-order valence-electron chi connectivity index (χ0n) is 16.4. The van der Waals surface area contributed by atoms with Gasteiger partial charge in [-0.2, -0.15) is 5.26 Å². The second kappa shape index (κ2) is 8.45. The second-order valence-corrected chi connectivity index (χ2v) is 8.21. The predicted octanol–water partition coefficient (Wildman–Crippen LogP) is 3.77. The fourth-order valence-corrected chi connectivity index (χ4v) is 3.76. The van der Waals surface area contributed by atoms with Crippen molar-refractivity contribution in [2.45, 2.75) is 39.7 Å². The van der Waals surface area contributed by atoms with Crippen LogP contribution in [0.25, 0.3) is 0 Å². The molecule has 2 amide bonds. The smallest absolute Gasteiger partial charge is 0.342 e. The number of carbonyl (C=O) groups is 3. The highest BCUT2D eigenvalue weighted by atomic mass is 32.1. The van der Waals surface area contributed by atoms with Crippen molar-refractivity contribution < 1.29 is 19.1 Å². The molecule has 1 heterocycles. The lowest BCUT2D eigenvalue weighted by Crippen LogP contribution is -2.30. The quantitative estimate of drug-likeness (QED) is 0.704. The first kappa shape index (κ1) is 20.6. The van der Waals surface area contributed by atoms with Crippen molar-refractivity contribution in [1.29, 1.82) is 5.26 Å². The summed E-state index contributed by atoms with van der Waals surface area (Å²) < 4.78 is 5.36. The molecule has 0 saturated heterocycles. The Morgan fingerprint density at radius 1 is 1.24 bits per heavy atom. The molecule has 8 heteroatoms. The van der Waals surface area contributed by atoms with E-state index in [1.165, 1.54) is 24.3 Å². The van der Waals surface area contributed by atoms with Crippen LogP contribution >= 0.6 is 11.3 Å². The third-order valence-corrected chi connectivity index (χ3v) is 5.81. The molecule has 1 aromatic carbocycles. The van der Waals surface area contributed by atoms with Crippen LogP contribution in [0.5, 0.6) is 0 Å². The van der Waals surface area contributed by atoms with E-state index in [4.69, 9.17) is 10.00 Å². The van der Waals surface area contributed by atoms with E-state index in [2.05, 4.69) is 10.6 Å². The summed E-state index contributed by atoms with van der Waals surface area (Å²) in [7, 11) is 0. The number of nitrogens with one attached hydrogen (secondary N) is 2. The van der Waals surface area contributed by atoms with Gasteiger partial charge in [-0.25, -0.2) is 4.79 Å². The zero-order valence-corrected chi connectivity index (χ0v) is 17.2. The number of esters is 1. The number of hydrogen-bond donors (Lipinski definition) is 2. The molecule has 1 aliphatic rings. The number of anilines is 2. The van der Waals surface area contributed by atoms with Gasteiger partial charge in [0.2, 0.25) is 5.91 Å². The molecule has 2 N–H and O–H groups in total. The van der Waals surface area contributed by atoms with Crippen LogP contribution in [0, 0.1) is 31.1 Å². The van der Waals surface area contributed by atoms with Crippen molar-refractivity contribution in [3.8, 4) is 6.07 Å². The first-order valence-corrected chi connectivity index (χ1v) is 10.0. The Labute approximate surface area is 172 Å². The van der Waals surface area contributed by atoms with Crippen molar-refractivity contribution in [3.05, 3.63) is 45.8 Å². The summed E-state index contributed by atoms with van der Waals surface area (Å²) in [6, 6.07) is 8.45. The molecule has 7 nitrogen and oxygen atoms in total. The van der Waals surface area contributed by atoms with Gasteiger partial charge in [0, 0.05) is 16.5 Å². The molecular formula is C21H21N3O4S. The Morgan fingerprint density at radius 2 is 1.97 bits per heavy atom. The normalized spacial score (nSPS) is 13.9. The van der Waals surface area contributed by atoms with E-state index in [9.17, 15) is 14.4 Å². The Balaban J connectivity index is 1.69. The molecule has 29 heavy (non-hydrogen) atoms. The minimum absolute atomic E-state index is 0.00968. The van der Waals surface area contributed by atoms with E-state index in [0.29, 0.717) is 16.3 Å². The summed E-state index contributed by atoms with van der Waals surface area (Å²) in [5.74, 6) is -1.26. The third kappa shape index (κ3) is 4.81. The number of hydrogen-bond acceptors (Lipinski definition) is 6. The van der Waals surface area contributed by atoms with Gasteiger partial charge < -0.3 is 15.4 Å². The number of nitrogens with zero attached hydrogens (tertiary/aromatic N) is 1. The minimum Gasteiger partial charge on any atom is -0.449 e. The Bertz CT molecular complexity index is 1020. The van der Waals surface area contributed by atoms with Crippen LogP contribution in [-0.2, 0) is 14.3 Å². The third-order valence-electron chi connectivity index (χ3n) is 4.69. The lowest BCUT2D eigenvalue weighted by molar-refractivity contribution is -0.123. The SMILES string of the molecule is Cc1sc(NC(=O)C2CC2)c(C(=O)O[C@H](C)C(=O)Nc2cccc(C#N)c2)c1C. The highest BCUT2D eigenvalue weighted by Crippen LogP contribution is 2.36. The van der Waals surface area contributed by atoms with Crippen LogP contribution in [0.3, 0.4) is 0 Å². The molecule has 150 valence electrons. The highest BCUT2D eigenvalue weighted by molar-refractivity contribution is 7.16. The molecule has 1 fully saturated rings. The first-order valence-electron chi connectivity index (χ1n) is 9.23. The van der Waals surface area contributed by atoms with Gasteiger partial charge in [0.25, 0.3) is 5.91 Å². The predicted molar refractivity (Wildman–Crippen MR) is 110 cm³/mol. The van der Waals surface area contributed by atoms with E-state index >= 15 is 0 Å². The van der Waals surface area contributed by atoms with Gasteiger partial charge in [-0.3, -0.25) is 9.59 Å². The summed E-state index contributed by atoms with van der Waals surface area (Å²) >= 11 is 1.32. The topological polar surface area (TPSA) is 108 Å². The fourth-order valence-electron chi connectivity index (χ4n) is 2.70. The maximum absolute atomic E-state index is 12.7. The van der Waals surface area contributed by atoms with Gasteiger partial charge in [-0.1, -0.05) is 6.07 Å². The lowest BCUT2D eigenvalue weighted by atomic mass is 10.1. The fraction of sp³-hybridized carbons (Fsp3) is 0.333. The minimum atomic E-state index is -1.06. The lowest BCUT2D eigenvalue weighted by Gasteiger charge is -2.14. The van der Waals surface area contributed by atoms with E-state index in [1.807, 2.05) is 13.0 Å². The van der Waals surface area contributed by atoms with Crippen molar-refractivity contribution in [2.75, 3.05) is 10.6 Å². The van der Waals surface area contributed by atoms with E-state index in [-0.39, 0.29) is 17.4 Å². The van der Waals surface area contributed by atoms with Crippen LogP contribution in [0.1, 0.15) is 46.1 Å². The number of benzene rings is 1. The molecule has 2 aromatic rings. The zero-order chi connectivity index (χ0) is 21.1. The Morgan fingerprint density at radius 3 is 2.62 bits per heavy atom. The van der Waals surface area contributed by atoms with Gasteiger partial charge >= 0.3 is 5.97 Å². The maximum atomic E-state index is 12.7. The molecule has 1 saturated carbocycles. The summed E-state index contributed by atoms with van der Waals surface area (Å²) in [6.07, 6.45) is 0.665. The summed E-state index contributed by atoms with van der Waals surface area (Å²) in [5, 5.41) is 14.8. The number of carbonyl (C=O) groups excluding carboxylic acids is 3. The molecule has 0 unspecified atom stereocenters. The largest absolute Gasteiger partial charge is 0.449 e. The number of rotatable bonds is 6. The van der Waals surface area contributed by atoms with Crippen LogP contribution in [0.2, 0.25) is 0 Å².